The Morgan fingerprint density at radius 1 is 1.00 bits per heavy atom. The Morgan fingerprint density at radius 3 is 2.34 bits per heavy atom. The molecule has 0 spiro atoms. The highest BCUT2D eigenvalue weighted by Gasteiger charge is 2.40. The quantitative estimate of drug-likeness (QED) is 0.553. The van der Waals surface area contributed by atoms with Gasteiger partial charge in [-0.1, -0.05) is 18.2 Å². The van der Waals surface area contributed by atoms with Crippen molar-refractivity contribution >= 4 is 5.97 Å². The number of H-pyrrole nitrogens is 1. The van der Waals surface area contributed by atoms with E-state index >= 15 is 0 Å². The SMILES string of the molecule is COc1ccc(Cn2c(O)c(C3OC(=O)c4c3ccc(OC)c4OC)c(=O)[nH]c2=O)cc1. The molecule has 0 amide bonds. The summed E-state index contributed by atoms with van der Waals surface area (Å²) >= 11 is 0. The predicted molar refractivity (Wildman–Crippen MR) is 112 cm³/mol. The first-order valence-electron chi connectivity index (χ1n) is 9.54. The van der Waals surface area contributed by atoms with Crippen molar-refractivity contribution in [1.29, 1.82) is 0 Å². The van der Waals surface area contributed by atoms with Crippen LogP contribution in [0, 0.1) is 0 Å². The third-order valence-corrected chi connectivity index (χ3v) is 5.26. The zero-order valence-electron chi connectivity index (χ0n) is 17.5. The van der Waals surface area contributed by atoms with Crippen molar-refractivity contribution < 1.29 is 28.8 Å². The normalized spacial score (nSPS) is 14.6. The molecule has 2 N–H and O–H groups in total. The summed E-state index contributed by atoms with van der Waals surface area (Å²) in [6.45, 7) is -0.0299. The van der Waals surface area contributed by atoms with Gasteiger partial charge in [-0.3, -0.25) is 14.3 Å². The number of fused-ring (bicyclic) bond motifs is 1. The highest BCUT2D eigenvalue weighted by Crippen LogP contribution is 2.44. The summed E-state index contributed by atoms with van der Waals surface area (Å²) < 4.78 is 22.0. The van der Waals surface area contributed by atoms with Gasteiger partial charge in [0.1, 0.15) is 16.9 Å². The fourth-order valence-corrected chi connectivity index (χ4v) is 3.69. The van der Waals surface area contributed by atoms with E-state index in [2.05, 4.69) is 4.98 Å². The number of methoxy groups -OCH3 is 3. The number of benzene rings is 2. The average Bonchev–Trinajstić information content (AvgIpc) is 3.12. The van der Waals surface area contributed by atoms with Crippen LogP contribution in [0.3, 0.4) is 0 Å². The molecule has 10 nitrogen and oxygen atoms in total. The van der Waals surface area contributed by atoms with Crippen LogP contribution >= 0.6 is 0 Å². The van der Waals surface area contributed by atoms with Crippen LogP contribution in [0.2, 0.25) is 0 Å². The topological polar surface area (TPSA) is 129 Å². The molecule has 0 saturated heterocycles. The summed E-state index contributed by atoms with van der Waals surface area (Å²) in [6.07, 6.45) is -1.23. The average molecular weight is 440 g/mol. The Kier molecular flexibility index (Phi) is 5.35. The summed E-state index contributed by atoms with van der Waals surface area (Å²) in [4.78, 5) is 39.8. The van der Waals surface area contributed by atoms with Crippen LogP contribution in [0.5, 0.6) is 23.1 Å². The Labute approximate surface area is 181 Å². The number of cyclic esters (lactones) is 1. The Hall–Kier alpha value is -4.21. The number of hydrogen-bond acceptors (Lipinski definition) is 8. The highest BCUT2D eigenvalue weighted by molar-refractivity contribution is 5.98. The van der Waals surface area contributed by atoms with Crippen molar-refractivity contribution in [3.8, 4) is 23.1 Å². The summed E-state index contributed by atoms with van der Waals surface area (Å²) in [7, 11) is 4.33. The standard InChI is InChI=1S/C22H20N2O8/c1-29-12-6-4-11(5-7-12)10-24-20(26)16(19(25)23-22(24)28)17-13-8-9-14(30-2)18(31-3)15(13)21(27)32-17/h4-9,17,26H,10H2,1-3H3,(H,23,25,28). The minimum Gasteiger partial charge on any atom is -0.497 e. The molecule has 2 aromatic carbocycles. The lowest BCUT2D eigenvalue weighted by Crippen LogP contribution is -2.33. The molecule has 1 atom stereocenters. The van der Waals surface area contributed by atoms with Gasteiger partial charge in [-0.05, 0) is 23.8 Å². The van der Waals surface area contributed by atoms with Crippen LogP contribution in [0.15, 0.2) is 46.0 Å². The second-order valence-corrected chi connectivity index (χ2v) is 6.98. The lowest BCUT2D eigenvalue weighted by molar-refractivity contribution is 0.0446. The minimum absolute atomic E-state index is 0.0299. The smallest absolute Gasteiger partial charge is 0.343 e. The van der Waals surface area contributed by atoms with Gasteiger partial charge < -0.3 is 24.1 Å². The maximum Gasteiger partial charge on any atom is 0.343 e. The zero-order valence-corrected chi connectivity index (χ0v) is 17.5. The van der Waals surface area contributed by atoms with Gasteiger partial charge in [-0.15, -0.1) is 0 Å². The number of aromatic nitrogens is 2. The number of nitrogens with zero attached hydrogens (tertiary/aromatic N) is 1. The molecule has 1 aliphatic rings. The molecular weight excluding hydrogens is 420 g/mol. The van der Waals surface area contributed by atoms with Gasteiger partial charge >= 0.3 is 11.7 Å². The molecule has 1 unspecified atom stereocenters. The first-order valence-corrected chi connectivity index (χ1v) is 9.54. The molecule has 32 heavy (non-hydrogen) atoms. The Bertz CT molecular complexity index is 1310. The molecule has 1 aliphatic heterocycles. The maximum atomic E-state index is 12.6. The number of rotatable bonds is 6. The van der Waals surface area contributed by atoms with Gasteiger partial charge in [0, 0.05) is 5.56 Å². The van der Waals surface area contributed by atoms with Crippen molar-refractivity contribution in [1.82, 2.24) is 9.55 Å². The first-order chi connectivity index (χ1) is 15.4. The molecule has 10 heteroatoms. The number of hydrogen-bond donors (Lipinski definition) is 2. The number of carbonyl (C=O) groups is 1. The van der Waals surface area contributed by atoms with Crippen LogP contribution in [-0.2, 0) is 11.3 Å². The molecule has 166 valence electrons. The zero-order chi connectivity index (χ0) is 23.0. The van der Waals surface area contributed by atoms with Gasteiger partial charge in [0.2, 0.25) is 5.88 Å². The largest absolute Gasteiger partial charge is 0.497 e. The van der Waals surface area contributed by atoms with E-state index in [9.17, 15) is 19.5 Å². The van der Waals surface area contributed by atoms with Gasteiger partial charge in [-0.2, -0.15) is 0 Å². The number of ether oxygens (including phenoxy) is 4. The number of aromatic amines is 1. The van der Waals surface area contributed by atoms with E-state index in [4.69, 9.17) is 18.9 Å². The van der Waals surface area contributed by atoms with E-state index in [0.717, 1.165) is 4.57 Å². The number of esters is 1. The molecule has 0 bridgehead atoms. The fourth-order valence-electron chi connectivity index (χ4n) is 3.69. The maximum absolute atomic E-state index is 12.6. The van der Waals surface area contributed by atoms with E-state index in [1.807, 2.05) is 0 Å². The molecule has 0 aliphatic carbocycles. The van der Waals surface area contributed by atoms with Crippen LogP contribution in [0.1, 0.15) is 33.2 Å². The van der Waals surface area contributed by atoms with Crippen molar-refractivity contribution in [2.75, 3.05) is 21.3 Å². The second-order valence-electron chi connectivity index (χ2n) is 6.98. The van der Waals surface area contributed by atoms with E-state index in [-0.39, 0.29) is 23.4 Å². The molecule has 0 saturated carbocycles. The first kappa shape index (κ1) is 21.0. The predicted octanol–water partition coefficient (Wildman–Crippen LogP) is 1.58. The molecule has 0 radical (unpaired) electrons. The van der Waals surface area contributed by atoms with Crippen molar-refractivity contribution in [2.45, 2.75) is 12.6 Å². The molecule has 4 rings (SSSR count). The van der Waals surface area contributed by atoms with E-state index < -0.39 is 29.2 Å². The van der Waals surface area contributed by atoms with Crippen LogP contribution in [0.4, 0.5) is 0 Å². The van der Waals surface area contributed by atoms with Crippen LogP contribution < -0.4 is 25.5 Å². The van der Waals surface area contributed by atoms with Crippen LogP contribution in [0.25, 0.3) is 0 Å². The van der Waals surface area contributed by atoms with Gasteiger partial charge in [0.25, 0.3) is 5.56 Å². The lowest BCUT2D eigenvalue weighted by Gasteiger charge is -2.16. The molecule has 0 fully saturated rings. The number of carbonyl (C=O) groups excluding carboxylic acids is 1. The third kappa shape index (κ3) is 3.35. The van der Waals surface area contributed by atoms with Gasteiger partial charge in [0.05, 0.1) is 27.9 Å². The van der Waals surface area contributed by atoms with Gasteiger partial charge in [0.15, 0.2) is 17.6 Å². The third-order valence-electron chi connectivity index (χ3n) is 5.26. The van der Waals surface area contributed by atoms with E-state index in [0.29, 0.717) is 22.6 Å². The summed E-state index contributed by atoms with van der Waals surface area (Å²) in [5, 5.41) is 10.9. The summed E-state index contributed by atoms with van der Waals surface area (Å²) in [5.74, 6) is -0.250. The van der Waals surface area contributed by atoms with Crippen molar-refractivity contribution in [3.05, 3.63) is 79.5 Å². The number of aromatic hydroxyl groups is 1. The molecule has 3 aromatic rings. The van der Waals surface area contributed by atoms with Crippen LogP contribution in [-0.4, -0.2) is 42.0 Å². The molecule has 1 aromatic heterocycles. The Balaban J connectivity index is 1.82. The lowest BCUT2D eigenvalue weighted by atomic mass is 9.99. The van der Waals surface area contributed by atoms with Gasteiger partial charge in [-0.25, -0.2) is 9.59 Å². The molecule has 2 heterocycles. The minimum atomic E-state index is -1.23. The summed E-state index contributed by atoms with van der Waals surface area (Å²) in [6, 6.07) is 9.96. The van der Waals surface area contributed by atoms with Crippen molar-refractivity contribution in [3.63, 3.8) is 0 Å². The van der Waals surface area contributed by atoms with Crippen molar-refractivity contribution in [2.24, 2.45) is 0 Å². The van der Waals surface area contributed by atoms with E-state index in [1.54, 1.807) is 36.4 Å². The second kappa shape index (κ2) is 8.14. The molecular formula is C22H20N2O8. The highest BCUT2D eigenvalue weighted by atomic mass is 16.6. The van der Waals surface area contributed by atoms with E-state index in [1.165, 1.54) is 21.3 Å². The fraction of sp³-hybridized carbons (Fsp3) is 0.227. The Morgan fingerprint density at radius 2 is 1.72 bits per heavy atom. The monoisotopic (exact) mass is 440 g/mol. The summed E-state index contributed by atoms with van der Waals surface area (Å²) in [5.41, 5.74) is -0.858. The number of nitrogens with one attached hydrogen (secondary N) is 1.